The number of amides is 1. The molecule has 0 aliphatic heterocycles. The van der Waals surface area contributed by atoms with Gasteiger partial charge in [0.15, 0.2) is 0 Å². The molecule has 0 saturated heterocycles. The normalized spacial score (nSPS) is 10.9. The first-order chi connectivity index (χ1) is 15.6. The lowest BCUT2D eigenvalue weighted by atomic mass is 10.1. The molecule has 0 unspecified atom stereocenters. The van der Waals surface area contributed by atoms with Gasteiger partial charge in [-0.2, -0.15) is 4.98 Å². The zero-order chi connectivity index (χ0) is 22.3. The van der Waals surface area contributed by atoms with Crippen molar-refractivity contribution in [1.29, 1.82) is 0 Å². The Bertz CT molecular complexity index is 1210. The number of rotatable bonds is 9. The minimum atomic E-state index is -0.0583. The van der Waals surface area contributed by atoms with Gasteiger partial charge in [-0.1, -0.05) is 48.2 Å². The van der Waals surface area contributed by atoms with E-state index in [2.05, 4.69) is 25.7 Å². The molecule has 4 aromatic rings. The molecule has 7 nitrogen and oxygen atoms in total. The largest absolute Gasteiger partial charge is 0.385 e. The molecule has 0 saturated carbocycles. The molecule has 2 aromatic heterocycles. The number of benzene rings is 2. The Morgan fingerprint density at radius 3 is 2.62 bits per heavy atom. The van der Waals surface area contributed by atoms with E-state index >= 15 is 0 Å². The molecular formula is C24H26N6OS. The number of hydrogen-bond acceptors (Lipinski definition) is 6. The second kappa shape index (κ2) is 10.3. The number of para-hydroxylation sites is 1. The van der Waals surface area contributed by atoms with Gasteiger partial charge in [0.1, 0.15) is 0 Å². The molecule has 8 heteroatoms. The van der Waals surface area contributed by atoms with Crippen molar-refractivity contribution in [3.05, 3.63) is 83.2 Å². The Hall–Kier alpha value is -3.39. The molecule has 0 atom stereocenters. The van der Waals surface area contributed by atoms with Crippen molar-refractivity contribution in [2.24, 2.45) is 0 Å². The summed E-state index contributed by atoms with van der Waals surface area (Å²) < 4.78 is 1.75. The number of nitrogens with one attached hydrogen (secondary N) is 2. The third-order valence-electron chi connectivity index (χ3n) is 4.96. The highest BCUT2D eigenvalue weighted by molar-refractivity contribution is 7.98. The molecule has 164 valence electrons. The summed E-state index contributed by atoms with van der Waals surface area (Å²) in [5.41, 5.74) is 4.64. The summed E-state index contributed by atoms with van der Waals surface area (Å²) in [6.45, 7) is 5.34. The van der Waals surface area contributed by atoms with E-state index in [-0.39, 0.29) is 5.91 Å². The van der Waals surface area contributed by atoms with Gasteiger partial charge >= 0.3 is 0 Å². The van der Waals surface area contributed by atoms with Crippen LogP contribution in [-0.2, 0) is 5.75 Å². The van der Waals surface area contributed by atoms with Gasteiger partial charge < -0.3 is 10.6 Å². The predicted octanol–water partition coefficient (Wildman–Crippen LogP) is 4.27. The Morgan fingerprint density at radius 1 is 1.00 bits per heavy atom. The minimum Gasteiger partial charge on any atom is -0.385 e. The summed E-state index contributed by atoms with van der Waals surface area (Å²) in [5.74, 6) is 1.14. The van der Waals surface area contributed by atoms with Crippen LogP contribution in [0.25, 0.3) is 5.78 Å². The second-order valence-electron chi connectivity index (χ2n) is 7.49. The minimum absolute atomic E-state index is 0.0583. The van der Waals surface area contributed by atoms with E-state index in [0.717, 1.165) is 35.6 Å². The standard InChI is InChI=1S/C24H26N6OS/c1-17-15-18(2)30-23(27-17)28-24(29-30)32-16-19-9-6-7-12-21(19)22(31)26-14-8-13-25-20-10-4-3-5-11-20/h3-7,9-12,15,25H,8,13-14,16H2,1-2H3,(H,26,31). The number of hydrogen-bond donors (Lipinski definition) is 2. The number of fused-ring (bicyclic) bond motifs is 1. The van der Waals surface area contributed by atoms with E-state index < -0.39 is 0 Å². The third kappa shape index (κ3) is 5.45. The van der Waals surface area contributed by atoms with Crippen molar-refractivity contribution < 1.29 is 4.79 Å². The van der Waals surface area contributed by atoms with E-state index in [0.29, 0.717) is 28.8 Å². The lowest BCUT2D eigenvalue weighted by molar-refractivity contribution is 0.0953. The maximum absolute atomic E-state index is 12.7. The van der Waals surface area contributed by atoms with Crippen molar-refractivity contribution in [2.45, 2.75) is 31.2 Å². The average molecular weight is 447 g/mol. The Labute approximate surface area is 191 Å². The van der Waals surface area contributed by atoms with E-state index in [4.69, 9.17) is 0 Å². The quantitative estimate of drug-likeness (QED) is 0.295. The van der Waals surface area contributed by atoms with Crippen LogP contribution >= 0.6 is 11.8 Å². The summed E-state index contributed by atoms with van der Waals surface area (Å²) in [6, 6.07) is 19.7. The Balaban J connectivity index is 1.32. The number of aryl methyl sites for hydroxylation is 2. The van der Waals surface area contributed by atoms with Crippen LogP contribution < -0.4 is 10.6 Å². The van der Waals surface area contributed by atoms with Gasteiger partial charge in [0.25, 0.3) is 11.7 Å². The van der Waals surface area contributed by atoms with Crippen molar-refractivity contribution >= 4 is 29.1 Å². The summed E-state index contributed by atoms with van der Waals surface area (Å²) in [4.78, 5) is 21.7. The summed E-state index contributed by atoms with van der Waals surface area (Å²) >= 11 is 1.50. The van der Waals surface area contributed by atoms with E-state index in [9.17, 15) is 4.79 Å². The third-order valence-corrected chi connectivity index (χ3v) is 5.85. The van der Waals surface area contributed by atoms with Gasteiger partial charge in [-0.05, 0) is 50.1 Å². The van der Waals surface area contributed by atoms with Crippen LogP contribution in [-0.4, -0.2) is 38.6 Å². The molecule has 0 spiro atoms. The fourth-order valence-corrected chi connectivity index (χ4v) is 4.22. The van der Waals surface area contributed by atoms with E-state index in [1.807, 2.05) is 74.5 Å². The van der Waals surface area contributed by atoms with E-state index in [1.54, 1.807) is 4.52 Å². The Kier molecular flexibility index (Phi) is 7.01. The topological polar surface area (TPSA) is 84.2 Å². The molecule has 0 aliphatic rings. The lowest BCUT2D eigenvalue weighted by Gasteiger charge is -2.10. The molecule has 2 N–H and O–H groups in total. The van der Waals surface area contributed by atoms with Crippen LogP contribution in [0.2, 0.25) is 0 Å². The number of nitrogens with zero attached hydrogens (tertiary/aromatic N) is 4. The van der Waals surface area contributed by atoms with Crippen LogP contribution in [0.5, 0.6) is 0 Å². The maximum atomic E-state index is 12.7. The molecule has 2 aromatic carbocycles. The van der Waals surface area contributed by atoms with Crippen LogP contribution in [0.3, 0.4) is 0 Å². The fraction of sp³-hybridized carbons (Fsp3) is 0.250. The highest BCUT2D eigenvalue weighted by Crippen LogP contribution is 2.22. The predicted molar refractivity (Wildman–Crippen MR) is 128 cm³/mol. The van der Waals surface area contributed by atoms with Crippen molar-refractivity contribution in [3.63, 3.8) is 0 Å². The smallest absolute Gasteiger partial charge is 0.253 e. The first-order valence-corrected chi connectivity index (χ1v) is 11.6. The van der Waals surface area contributed by atoms with Crippen LogP contribution in [0.1, 0.15) is 33.7 Å². The number of carbonyl (C=O) groups is 1. The van der Waals surface area contributed by atoms with Gasteiger partial charge in [-0.3, -0.25) is 4.79 Å². The number of anilines is 1. The molecule has 32 heavy (non-hydrogen) atoms. The zero-order valence-electron chi connectivity index (χ0n) is 18.2. The zero-order valence-corrected chi connectivity index (χ0v) is 19.0. The SMILES string of the molecule is Cc1cc(C)n2nc(SCc3ccccc3C(=O)NCCCNc3ccccc3)nc2n1. The van der Waals surface area contributed by atoms with Gasteiger partial charge in [0, 0.05) is 41.5 Å². The molecule has 0 fully saturated rings. The molecule has 4 rings (SSSR count). The number of aromatic nitrogens is 4. The first-order valence-electron chi connectivity index (χ1n) is 10.6. The average Bonchev–Trinajstić information content (AvgIpc) is 3.21. The highest BCUT2D eigenvalue weighted by Gasteiger charge is 2.13. The molecule has 1 amide bonds. The molecular weight excluding hydrogens is 420 g/mol. The lowest BCUT2D eigenvalue weighted by Crippen LogP contribution is -2.26. The summed E-state index contributed by atoms with van der Waals surface area (Å²) in [7, 11) is 0. The number of carbonyl (C=O) groups excluding carboxylic acids is 1. The van der Waals surface area contributed by atoms with Crippen molar-refractivity contribution in [3.8, 4) is 0 Å². The monoisotopic (exact) mass is 446 g/mol. The van der Waals surface area contributed by atoms with Crippen LogP contribution in [0.4, 0.5) is 5.69 Å². The number of thioether (sulfide) groups is 1. The second-order valence-corrected chi connectivity index (χ2v) is 8.44. The van der Waals surface area contributed by atoms with Crippen molar-refractivity contribution in [2.75, 3.05) is 18.4 Å². The van der Waals surface area contributed by atoms with Crippen LogP contribution in [0.15, 0.2) is 65.8 Å². The van der Waals surface area contributed by atoms with Crippen molar-refractivity contribution in [1.82, 2.24) is 24.9 Å². The van der Waals surface area contributed by atoms with Gasteiger partial charge in [-0.25, -0.2) is 9.50 Å². The van der Waals surface area contributed by atoms with Gasteiger partial charge in [-0.15, -0.1) is 5.10 Å². The molecule has 0 radical (unpaired) electrons. The molecule has 2 heterocycles. The van der Waals surface area contributed by atoms with Crippen LogP contribution in [0, 0.1) is 13.8 Å². The maximum Gasteiger partial charge on any atom is 0.253 e. The summed E-state index contributed by atoms with van der Waals surface area (Å²) in [6.07, 6.45) is 0.842. The van der Waals surface area contributed by atoms with Gasteiger partial charge in [0.05, 0.1) is 0 Å². The van der Waals surface area contributed by atoms with Gasteiger partial charge in [0.2, 0.25) is 5.16 Å². The summed E-state index contributed by atoms with van der Waals surface area (Å²) in [5, 5.41) is 11.6. The highest BCUT2D eigenvalue weighted by atomic mass is 32.2. The van der Waals surface area contributed by atoms with E-state index in [1.165, 1.54) is 11.8 Å². The molecule has 0 aliphatic carbocycles. The fourth-order valence-electron chi connectivity index (χ4n) is 3.39. The molecule has 0 bridgehead atoms. The Morgan fingerprint density at radius 2 is 1.78 bits per heavy atom. The first kappa shape index (κ1) is 21.8.